The fourth-order valence-corrected chi connectivity index (χ4v) is 6.01. The zero-order valence-electron chi connectivity index (χ0n) is 23.0. The van der Waals surface area contributed by atoms with Crippen LogP contribution < -0.4 is 15.4 Å². The maximum atomic E-state index is 14.2. The molecule has 1 saturated carbocycles. The number of carbonyl (C=O) groups is 4. The third-order valence-corrected chi connectivity index (χ3v) is 8.63. The average molecular weight is 525 g/mol. The van der Waals surface area contributed by atoms with Crippen molar-refractivity contribution in [3.63, 3.8) is 0 Å². The van der Waals surface area contributed by atoms with Crippen LogP contribution in [0.5, 0.6) is 5.75 Å². The summed E-state index contributed by atoms with van der Waals surface area (Å²) >= 11 is 0. The number of hydrogen-bond acceptors (Lipinski definition) is 5. The zero-order valence-corrected chi connectivity index (χ0v) is 23.0. The van der Waals surface area contributed by atoms with Gasteiger partial charge >= 0.3 is 0 Å². The first kappa shape index (κ1) is 27.7. The fraction of sp³-hybridized carbons (Fsp3) is 0.586. The van der Waals surface area contributed by atoms with Gasteiger partial charge in [-0.15, -0.1) is 0 Å². The van der Waals surface area contributed by atoms with Gasteiger partial charge in [0.15, 0.2) is 0 Å². The molecule has 4 atom stereocenters. The molecule has 1 saturated heterocycles. The highest BCUT2D eigenvalue weighted by atomic mass is 16.5. The molecule has 9 nitrogen and oxygen atoms in total. The van der Waals surface area contributed by atoms with Crippen LogP contribution in [0.1, 0.15) is 70.3 Å². The summed E-state index contributed by atoms with van der Waals surface area (Å²) in [7, 11) is 1.58. The first-order valence-corrected chi connectivity index (χ1v) is 13.6. The molecule has 9 heteroatoms. The standard InChI is InChI=1S/C29H40N4O5/c1-17-15-33(25(29(17,3)4)27(36)30-18(2)16-34)28(37)24(19-10-7-6-8-11-19)32-26(35)22-14-20-21(31-22)12-9-13-23(20)38-5/h9,12-14,16-19,24-25,31H,6-8,10-11,15H2,1-5H3,(H,30,36)(H,32,35)/t17-,18?,24?,25-/m1/s1. The highest BCUT2D eigenvalue weighted by Crippen LogP contribution is 2.42. The van der Waals surface area contributed by atoms with Crippen LogP contribution in [0.25, 0.3) is 10.9 Å². The molecule has 1 aliphatic carbocycles. The zero-order chi connectivity index (χ0) is 27.6. The highest BCUT2D eigenvalue weighted by Gasteiger charge is 2.53. The van der Waals surface area contributed by atoms with E-state index in [0.29, 0.717) is 24.3 Å². The highest BCUT2D eigenvalue weighted by molar-refractivity contribution is 6.02. The van der Waals surface area contributed by atoms with Gasteiger partial charge in [-0.3, -0.25) is 14.4 Å². The average Bonchev–Trinajstić information content (AvgIpc) is 3.45. The Balaban J connectivity index is 1.64. The molecule has 1 aliphatic heterocycles. The van der Waals surface area contributed by atoms with Gasteiger partial charge in [-0.05, 0) is 55.2 Å². The Kier molecular flexibility index (Phi) is 8.13. The summed E-state index contributed by atoms with van der Waals surface area (Å²) in [5.41, 5.74) is 0.616. The number of aromatic amines is 1. The minimum absolute atomic E-state index is 0.0178. The molecule has 2 unspecified atom stereocenters. The maximum absolute atomic E-state index is 14.2. The molecule has 3 amide bonds. The number of fused-ring (bicyclic) bond motifs is 1. The predicted molar refractivity (Wildman–Crippen MR) is 145 cm³/mol. The second-order valence-electron chi connectivity index (χ2n) is 11.5. The molecular formula is C29H40N4O5. The van der Waals surface area contributed by atoms with Gasteiger partial charge in [0.1, 0.15) is 29.8 Å². The van der Waals surface area contributed by atoms with Crippen molar-refractivity contribution in [1.29, 1.82) is 0 Å². The third-order valence-electron chi connectivity index (χ3n) is 8.63. The first-order valence-electron chi connectivity index (χ1n) is 13.6. The van der Waals surface area contributed by atoms with Crippen molar-refractivity contribution in [3.8, 4) is 5.75 Å². The summed E-state index contributed by atoms with van der Waals surface area (Å²) in [4.78, 5) is 57.0. The van der Waals surface area contributed by atoms with Crippen molar-refractivity contribution < 1.29 is 23.9 Å². The molecule has 0 spiro atoms. The molecule has 38 heavy (non-hydrogen) atoms. The molecule has 0 bridgehead atoms. The normalized spacial score (nSPS) is 23.0. The summed E-state index contributed by atoms with van der Waals surface area (Å²) in [6.45, 7) is 8.01. The van der Waals surface area contributed by atoms with Gasteiger partial charge in [-0.2, -0.15) is 0 Å². The van der Waals surface area contributed by atoms with E-state index in [2.05, 4.69) is 15.6 Å². The Morgan fingerprint density at radius 1 is 1.16 bits per heavy atom. The minimum atomic E-state index is -0.754. The number of ether oxygens (including phenoxy) is 1. The fourth-order valence-electron chi connectivity index (χ4n) is 6.01. The lowest BCUT2D eigenvalue weighted by atomic mass is 9.77. The SMILES string of the molecule is COc1cccc2[nH]c(C(=O)NC(C(=O)N3C[C@@H](C)C(C)(C)[C@H]3C(=O)NC(C)C=O)C3CCCCC3)cc12. The van der Waals surface area contributed by atoms with Crippen molar-refractivity contribution in [2.75, 3.05) is 13.7 Å². The Hall–Kier alpha value is -3.36. The van der Waals surface area contributed by atoms with Crippen molar-refractivity contribution in [1.82, 2.24) is 20.5 Å². The Morgan fingerprint density at radius 3 is 2.53 bits per heavy atom. The van der Waals surface area contributed by atoms with E-state index in [0.717, 1.165) is 43.0 Å². The van der Waals surface area contributed by atoms with Crippen LogP contribution in [-0.4, -0.2) is 65.7 Å². The number of carbonyl (C=O) groups excluding carboxylic acids is 4. The van der Waals surface area contributed by atoms with E-state index in [1.807, 2.05) is 39.0 Å². The number of amides is 3. The predicted octanol–water partition coefficient (Wildman–Crippen LogP) is 3.43. The van der Waals surface area contributed by atoms with Gasteiger partial charge in [-0.25, -0.2) is 0 Å². The van der Waals surface area contributed by atoms with Gasteiger partial charge in [-0.1, -0.05) is 46.1 Å². The van der Waals surface area contributed by atoms with Gasteiger partial charge in [0, 0.05) is 17.4 Å². The smallest absolute Gasteiger partial charge is 0.268 e. The van der Waals surface area contributed by atoms with Gasteiger partial charge in [0.05, 0.1) is 13.2 Å². The first-order chi connectivity index (χ1) is 18.1. The maximum Gasteiger partial charge on any atom is 0.268 e. The lowest BCUT2D eigenvalue weighted by Crippen LogP contribution is -2.59. The number of likely N-dealkylation sites (tertiary alicyclic amines) is 1. The van der Waals surface area contributed by atoms with Crippen molar-refractivity contribution in [3.05, 3.63) is 30.0 Å². The van der Waals surface area contributed by atoms with E-state index in [1.54, 1.807) is 25.0 Å². The van der Waals surface area contributed by atoms with E-state index >= 15 is 0 Å². The molecule has 2 aliphatic rings. The molecule has 2 aromatic rings. The number of methoxy groups -OCH3 is 1. The van der Waals surface area contributed by atoms with Crippen LogP contribution in [0.3, 0.4) is 0 Å². The molecule has 1 aromatic heterocycles. The summed E-state index contributed by atoms with van der Waals surface area (Å²) < 4.78 is 5.43. The largest absolute Gasteiger partial charge is 0.496 e. The molecule has 4 rings (SSSR count). The quantitative estimate of drug-likeness (QED) is 0.457. The number of nitrogens with one attached hydrogen (secondary N) is 3. The Labute approximate surface area is 224 Å². The molecule has 3 N–H and O–H groups in total. The van der Waals surface area contributed by atoms with Crippen molar-refractivity contribution in [2.24, 2.45) is 17.3 Å². The van der Waals surface area contributed by atoms with E-state index in [9.17, 15) is 19.2 Å². The van der Waals surface area contributed by atoms with E-state index in [4.69, 9.17) is 4.74 Å². The number of aromatic nitrogens is 1. The molecular weight excluding hydrogens is 484 g/mol. The monoisotopic (exact) mass is 524 g/mol. The van der Waals surface area contributed by atoms with Gasteiger partial charge in [0.25, 0.3) is 5.91 Å². The van der Waals surface area contributed by atoms with Crippen LogP contribution >= 0.6 is 0 Å². The second kappa shape index (κ2) is 11.2. The lowest BCUT2D eigenvalue weighted by Gasteiger charge is -2.37. The topological polar surface area (TPSA) is 121 Å². The van der Waals surface area contributed by atoms with Crippen LogP contribution in [0.2, 0.25) is 0 Å². The number of benzene rings is 1. The Bertz CT molecular complexity index is 1200. The molecule has 1 aromatic carbocycles. The van der Waals surface area contributed by atoms with Crippen molar-refractivity contribution >= 4 is 34.9 Å². The number of hydrogen-bond donors (Lipinski definition) is 3. The second-order valence-corrected chi connectivity index (χ2v) is 11.5. The molecule has 2 fully saturated rings. The molecule has 206 valence electrons. The van der Waals surface area contributed by atoms with Crippen LogP contribution in [0.15, 0.2) is 24.3 Å². The number of rotatable bonds is 8. The third kappa shape index (κ3) is 5.28. The summed E-state index contributed by atoms with van der Waals surface area (Å²) in [6, 6.07) is 5.14. The molecule has 0 radical (unpaired) electrons. The van der Waals surface area contributed by atoms with Crippen molar-refractivity contribution in [2.45, 2.75) is 77.9 Å². The van der Waals surface area contributed by atoms with E-state index in [1.165, 1.54) is 0 Å². The van der Waals surface area contributed by atoms with E-state index in [-0.39, 0.29) is 29.6 Å². The van der Waals surface area contributed by atoms with Gasteiger partial charge in [0.2, 0.25) is 11.8 Å². The number of aldehydes is 1. The Morgan fingerprint density at radius 2 is 1.87 bits per heavy atom. The number of H-pyrrole nitrogens is 1. The van der Waals surface area contributed by atoms with Crippen LogP contribution in [0.4, 0.5) is 0 Å². The summed E-state index contributed by atoms with van der Waals surface area (Å²) in [6.07, 6.45) is 5.45. The number of nitrogens with zero attached hydrogens (tertiary/aromatic N) is 1. The van der Waals surface area contributed by atoms with E-state index < -0.39 is 23.5 Å². The minimum Gasteiger partial charge on any atom is -0.496 e. The lowest BCUT2D eigenvalue weighted by molar-refractivity contribution is -0.143. The molecule has 2 heterocycles. The van der Waals surface area contributed by atoms with Gasteiger partial charge < -0.3 is 30.0 Å². The summed E-state index contributed by atoms with van der Waals surface area (Å²) in [5.74, 6) is -0.258. The van der Waals surface area contributed by atoms with Crippen LogP contribution in [0, 0.1) is 17.3 Å². The van der Waals surface area contributed by atoms with Crippen LogP contribution in [-0.2, 0) is 14.4 Å². The summed E-state index contributed by atoms with van der Waals surface area (Å²) in [5, 5.41) is 6.57.